The predicted molar refractivity (Wildman–Crippen MR) is 94.9 cm³/mol. The Balaban J connectivity index is 1.88. The number of nitro groups is 1. The van der Waals surface area contributed by atoms with E-state index in [1.165, 1.54) is 17.4 Å². The van der Waals surface area contributed by atoms with Crippen LogP contribution < -0.4 is 0 Å². The lowest BCUT2D eigenvalue weighted by molar-refractivity contribution is -0.384. The van der Waals surface area contributed by atoms with Gasteiger partial charge in [0.1, 0.15) is 5.01 Å². The molecule has 0 aliphatic heterocycles. The molecule has 4 aromatic rings. The van der Waals surface area contributed by atoms with Crippen molar-refractivity contribution in [1.82, 2.24) is 9.97 Å². The zero-order valence-corrected chi connectivity index (χ0v) is 13.2. The fourth-order valence-corrected chi connectivity index (χ4v) is 3.60. The van der Waals surface area contributed by atoms with Crippen LogP contribution in [0.4, 0.5) is 5.69 Å². The largest absolute Gasteiger partial charge is 0.270 e. The summed E-state index contributed by atoms with van der Waals surface area (Å²) in [5.74, 6) is 0. The lowest BCUT2D eigenvalue weighted by atomic mass is 10.0. The summed E-state index contributed by atoms with van der Waals surface area (Å²) in [6.07, 6.45) is 1.76. The van der Waals surface area contributed by atoms with Gasteiger partial charge in [-0.1, -0.05) is 30.3 Å². The average molecular weight is 333 g/mol. The Bertz CT molecular complexity index is 1040. The average Bonchev–Trinajstić information content (AvgIpc) is 3.05. The van der Waals surface area contributed by atoms with E-state index in [1.54, 1.807) is 18.3 Å². The molecule has 2 aromatic heterocycles. The minimum absolute atomic E-state index is 0.0794. The number of hydrogen-bond acceptors (Lipinski definition) is 5. The highest BCUT2D eigenvalue weighted by molar-refractivity contribution is 7.21. The van der Waals surface area contributed by atoms with Gasteiger partial charge in [-0.2, -0.15) is 0 Å². The van der Waals surface area contributed by atoms with E-state index in [9.17, 15) is 10.1 Å². The van der Waals surface area contributed by atoms with Crippen LogP contribution in [-0.4, -0.2) is 14.9 Å². The van der Waals surface area contributed by atoms with Crippen LogP contribution in [0.15, 0.2) is 66.9 Å². The van der Waals surface area contributed by atoms with Crippen molar-refractivity contribution in [3.63, 3.8) is 0 Å². The summed E-state index contributed by atoms with van der Waals surface area (Å²) in [6.45, 7) is 0. The van der Waals surface area contributed by atoms with Gasteiger partial charge in [-0.25, -0.2) is 4.98 Å². The van der Waals surface area contributed by atoms with Gasteiger partial charge >= 0.3 is 0 Å². The van der Waals surface area contributed by atoms with Crippen molar-refractivity contribution in [2.45, 2.75) is 0 Å². The lowest BCUT2D eigenvalue weighted by Crippen LogP contribution is -1.86. The minimum Gasteiger partial charge on any atom is -0.258 e. The molecule has 116 valence electrons. The minimum atomic E-state index is -0.388. The van der Waals surface area contributed by atoms with E-state index in [2.05, 4.69) is 9.97 Å². The highest BCUT2D eigenvalue weighted by atomic mass is 32.1. The molecule has 5 nitrogen and oxygen atoms in total. The van der Waals surface area contributed by atoms with Gasteiger partial charge in [-0.05, 0) is 18.2 Å². The van der Waals surface area contributed by atoms with E-state index in [0.717, 1.165) is 32.0 Å². The second kappa shape index (κ2) is 5.82. The maximum atomic E-state index is 10.9. The van der Waals surface area contributed by atoms with Crippen LogP contribution >= 0.6 is 11.3 Å². The van der Waals surface area contributed by atoms with Crippen molar-refractivity contribution in [3.05, 3.63) is 77.0 Å². The van der Waals surface area contributed by atoms with Crippen LogP contribution in [0, 0.1) is 10.1 Å². The summed E-state index contributed by atoms with van der Waals surface area (Å²) in [7, 11) is 0. The van der Waals surface area contributed by atoms with Gasteiger partial charge in [0.2, 0.25) is 0 Å². The van der Waals surface area contributed by atoms with Crippen LogP contribution in [0.25, 0.3) is 32.0 Å². The van der Waals surface area contributed by atoms with Gasteiger partial charge in [0.15, 0.2) is 0 Å². The van der Waals surface area contributed by atoms with Gasteiger partial charge in [0.25, 0.3) is 5.69 Å². The third-order valence-electron chi connectivity index (χ3n) is 3.68. The molecular formula is C18H11N3O2S. The van der Waals surface area contributed by atoms with E-state index in [0.29, 0.717) is 0 Å². The number of rotatable bonds is 3. The Morgan fingerprint density at radius 3 is 2.50 bits per heavy atom. The second-order valence-corrected chi connectivity index (χ2v) is 6.22. The molecule has 0 amide bonds. The maximum Gasteiger partial charge on any atom is 0.270 e. The number of fused-ring (bicyclic) bond motifs is 1. The zero-order valence-electron chi connectivity index (χ0n) is 12.4. The van der Waals surface area contributed by atoms with Crippen molar-refractivity contribution in [2.24, 2.45) is 0 Å². The molecule has 0 N–H and O–H groups in total. The van der Waals surface area contributed by atoms with Crippen LogP contribution in [0.3, 0.4) is 0 Å². The van der Waals surface area contributed by atoms with Crippen LogP contribution in [0.5, 0.6) is 0 Å². The number of aromatic nitrogens is 2. The van der Waals surface area contributed by atoms with E-state index < -0.39 is 0 Å². The molecule has 4 rings (SSSR count). The summed E-state index contributed by atoms with van der Waals surface area (Å²) < 4.78 is 0.801. The molecule has 0 spiro atoms. The first-order chi connectivity index (χ1) is 11.7. The fourth-order valence-electron chi connectivity index (χ4n) is 2.56. The first-order valence-corrected chi connectivity index (χ1v) is 8.10. The molecule has 24 heavy (non-hydrogen) atoms. The number of benzene rings is 2. The third kappa shape index (κ3) is 2.53. The Kier molecular flexibility index (Phi) is 3.51. The smallest absolute Gasteiger partial charge is 0.258 e. The quantitative estimate of drug-likeness (QED) is 0.393. The van der Waals surface area contributed by atoms with Crippen LogP contribution in [0.2, 0.25) is 0 Å². The molecule has 0 saturated carbocycles. The van der Waals surface area contributed by atoms with Crippen LogP contribution in [-0.2, 0) is 0 Å². The Labute approximate surface area is 141 Å². The van der Waals surface area contributed by atoms with Crippen molar-refractivity contribution >= 4 is 27.2 Å². The summed E-state index contributed by atoms with van der Waals surface area (Å²) in [4.78, 5) is 19.6. The standard InChI is InChI=1S/C18H11N3O2S/c22-21(23)12-8-9-16-17(11-12)24-18(20-16)14-6-2-1-5-13(14)15-7-3-4-10-19-15/h1-11H. The molecule has 0 bridgehead atoms. The summed E-state index contributed by atoms with van der Waals surface area (Å²) >= 11 is 1.45. The van der Waals surface area contributed by atoms with E-state index in [1.807, 2.05) is 42.5 Å². The number of nitrogens with zero attached hydrogens (tertiary/aromatic N) is 3. The predicted octanol–water partition coefficient (Wildman–Crippen LogP) is 4.93. The number of thiazole rings is 1. The highest BCUT2D eigenvalue weighted by Gasteiger charge is 2.14. The first kappa shape index (κ1) is 14.5. The van der Waals surface area contributed by atoms with E-state index in [-0.39, 0.29) is 10.6 Å². The number of pyridine rings is 1. The van der Waals surface area contributed by atoms with Gasteiger partial charge in [0, 0.05) is 29.5 Å². The van der Waals surface area contributed by atoms with E-state index >= 15 is 0 Å². The summed E-state index contributed by atoms with van der Waals surface area (Å²) in [5.41, 5.74) is 3.68. The molecule has 0 unspecified atom stereocenters. The van der Waals surface area contributed by atoms with Crippen molar-refractivity contribution in [1.29, 1.82) is 0 Å². The van der Waals surface area contributed by atoms with Gasteiger partial charge in [-0.15, -0.1) is 11.3 Å². The van der Waals surface area contributed by atoms with E-state index in [4.69, 9.17) is 0 Å². The molecule has 0 fully saturated rings. The maximum absolute atomic E-state index is 10.9. The van der Waals surface area contributed by atoms with Gasteiger partial charge in [0.05, 0.1) is 20.8 Å². The second-order valence-electron chi connectivity index (χ2n) is 5.19. The molecule has 0 aliphatic rings. The van der Waals surface area contributed by atoms with Crippen molar-refractivity contribution in [3.8, 4) is 21.8 Å². The number of hydrogen-bond donors (Lipinski definition) is 0. The summed E-state index contributed by atoms with van der Waals surface area (Å²) in [6, 6.07) is 18.4. The summed E-state index contributed by atoms with van der Waals surface area (Å²) in [5, 5.41) is 11.8. The molecular weight excluding hydrogens is 322 g/mol. The Morgan fingerprint density at radius 2 is 1.75 bits per heavy atom. The number of nitro benzene ring substituents is 1. The molecule has 2 heterocycles. The first-order valence-electron chi connectivity index (χ1n) is 7.28. The molecule has 2 aromatic carbocycles. The molecule has 6 heteroatoms. The highest BCUT2D eigenvalue weighted by Crippen LogP contribution is 2.36. The fraction of sp³-hybridized carbons (Fsp3) is 0. The topological polar surface area (TPSA) is 68.9 Å². The molecule has 0 radical (unpaired) electrons. The Hall–Kier alpha value is -3.12. The zero-order chi connectivity index (χ0) is 16.5. The van der Waals surface area contributed by atoms with Crippen molar-refractivity contribution < 1.29 is 4.92 Å². The Morgan fingerprint density at radius 1 is 0.958 bits per heavy atom. The molecule has 0 aliphatic carbocycles. The molecule has 0 atom stereocenters. The van der Waals surface area contributed by atoms with Gasteiger partial charge < -0.3 is 0 Å². The SMILES string of the molecule is O=[N+]([O-])c1ccc2nc(-c3ccccc3-c3ccccn3)sc2c1. The number of non-ortho nitro benzene ring substituents is 1. The van der Waals surface area contributed by atoms with Crippen LogP contribution in [0.1, 0.15) is 0 Å². The monoisotopic (exact) mass is 333 g/mol. The lowest BCUT2D eigenvalue weighted by Gasteiger charge is -2.05. The van der Waals surface area contributed by atoms with Gasteiger partial charge in [-0.3, -0.25) is 15.1 Å². The van der Waals surface area contributed by atoms with Crippen molar-refractivity contribution in [2.75, 3.05) is 0 Å². The molecule has 0 saturated heterocycles. The normalized spacial score (nSPS) is 10.8. The third-order valence-corrected chi connectivity index (χ3v) is 4.73.